The van der Waals surface area contributed by atoms with Crippen LogP contribution >= 0.6 is 0 Å². The third-order valence-corrected chi connectivity index (χ3v) is 5.92. The fraction of sp³-hybridized carbons (Fsp3) is 0.636. The summed E-state index contributed by atoms with van der Waals surface area (Å²) in [7, 11) is 1.72. The van der Waals surface area contributed by atoms with E-state index < -0.39 is 11.2 Å². The molecule has 1 aromatic heterocycles. The Bertz CT molecular complexity index is 807. The van der Waals surface area contributed by atoms with E-state index in [2.05, 4.69) is 58.1 Å². The van der Waals surface area contributed by atoms with Gasteiger partial charge >= 0.3 is 13.5 Å². The van der Waals surface area contributed by atoms with Gasteiger partial charge in [0.2, 0.25) is 5.89 Å². The number of aliphatic hydroxyl groups is 1. The van der Waals surface area contributed by atoms with E-state index in [1.807, 2.05) is 13.8 Å². The van der Waals surface area contributed by atoms with Crippen LogP contribution < -0.4 is 10.4 Å². The van der Waals surface area contributed by atoms with Gasteiger partial charge in [-0.1, -0.05) is 48.7 Å². The van der Waals surface area contributed by atoms with Gasteiger partial charge in [-0.05, 0) is 33.3 Å². The van der Waals surface area contributed by atoms with Crippen molar-refractivity contribution in [1.82, 2.24) is 15.1 Å². The number of piperazine rings is 1. The highest BCUT2D eigenvalue weighted by atomic mass is 16.5. The molecule has 8 heteroatoms. The zero-order valence-electron chi connectivity index (χ0n) is 19.1. The highest BCUT2D eigenvalue weighted by Crippen LogP contribution is 2.24. The zero-order chi connectivity index (χ0) is 21.9. The molecule has 1 saturated heterocycles. The molecular formula is C22H34BN4O3. The van der Waals surface area contributed by atoms with Crippen molar-refractivity contribution in [2.45, 2.75) is 65.2 Å². The summed E-state index contributed by atoms with van der Waals surface area (Å²) in [4.78, 5) is 4.60. The fourth-order valence-corrected chi connectivity index (χ4v) is 3.00. The number of benzene rings is 1. The lowest BCUT2D eigenvalue weighted by molar-refractivity contribution is -0.0893. The molecule has 2 heterocycles. The summed E-state index contributed by atoms with van der Waals surface area (Å²) >= 11 is 0. The molecule has 0 bridgehead atoms. The van der Waals surface area contributed by atoms with E-state index in [0.717, 1.165) is 38.2 Å². The van der Waals surface area contributed by atoms with Gasteiger partial charge in [0, 0.05) is 38.6 Å². The first-order valence-electron chi connectivity index (χ1n) is 10.7. The molecule has 0 saturated carbocycles. The molecule has 0 aliphatic carbocycles. The highest BCUT2D eigenvalue weighted by molar-refractivity contribution is 6.47. The van der Waals surface area contributed by atoms with Crippen molar-refractivity contribution >= 4 is 19.0 Å². The number of hydrogen-bond acceptors (Lipinski definition) is 7. The maximum absolute atomic E-state index is 10.2. The first-order chi connectivity index (χ1) is 14.0. The first-order valence-corrected chi connectivity index (χ1v) is 10.7. The fourth-order valence-electron chi connectivity index (χ4n) is 3.00. The lowest BCUT2D eigenvalue weighted by Crippen LogP contribution is -2.49. The van der Waals surface area contributed by atoms with E-state index in [0.29, 0.717) is 11.9 Å². The molecule has 0 unspecified atom stereocenters. The van der Waals surface area contributed by atoms with Gasteiger partial charge in [0.05, 0.1) is 11.2 Å². The van der Waals surface area contributed by atoms with Crippen LogP contribution in [0.1, 0.15) is 58.9 Å². The Hall–Kier alpha value is -1.90. The maximum atomic E-state index is 10.2. The van der Waals surface area contributed by atoms with Crippen molar-refractivity contribution in [2.24, 2.45) is 0 Å². The summed E-state index contributed by atoms with van der Waals surface area (Å²) in [6.45, 7) is 16.0. The van der Waals surface area contributed by atoms with Gasteiger partial charge in [0.15, 0.2) is 0 Å². The molecule has 0 spiro atoms. The van der Waals surface area contributed by atoms with E-state index >= 15 is 0 Å². The molecule has 0 amide bonds. The van der Waals surface area contributed by atoms with Crippen molar-refractivity contribution in [3.63, 3.8) is 0 Å². The molecule has 7 nitrogen and oxygen atoms in total. The normalized spacial score (nSPS) is 16.3. The Labute approximate surface area is 180 Å². The molecule has 1 N–H and O–H groups in total. The summed E-state index contributed by atoms with van der Waals surface area (Å²) in [5.74, 6) is 0.943. The van der Waals surface area contributed by atoms with Crippen LogP contribution in [0, 0.1) is 0 Å². The average Bonchev–Trinajstić information content (AvgIpc) is 3.18. The Morgan fingerprint density at radius 3 is 2.23 bits per heavy atom. The van der Waals surface area contributed by atoms with Gasteiger partial charge in [-0.2, -0.15) is 0 Å². The van der Waals surface area contributed by atoms with Crippen molar-refractivity contribution < 1.29 is 14.2 Å². The van der Waals surface area contributed by atoms with E-state index in [1.165, 1.54) is 5.56 Å². The third-order valence-electron chi connectivity index (χ3n) is 5.92. The molecular weight excluding hydrogens is 379 g/mol. The van der Waals surface area contributed by atoms with Crippen molar-refractivity contribution in [3.8, 4) is 0 Å². The van der Waals surface area contributed by atoms with Gasteiger partial charge in [0.25, 0.3) is 0 Å². The summed E-state index contributed by atoms with van der Waals surface area (Å²) in [6, 6.07) is 9.00. The van der Waals surface area contributed by atoms with E-state index in [9.17, 15) is 5.11 Å². The molecule has 163 valence electrons. The van der Waals surface area contributed by atoms with Gasteiger partial charge in [-0.15, -0.1) is 5.10 Å². The molecule has 1 aliphatic heterocycles. The molecule has 1 aliphatic rings. The number of anilines is 1. The van der Waals surface area contributed by atoms with Crippen LogP contribution in [-0.2, 0) is 11.2 Å². The molecule has 1 aromatic carbocycles. The summed E-state index contributed by atoms with van der Waals surface area (Å²) in [5, 5.41) is 18.5. The van der Waals surface area contributed by atoms with Gasteiger partial charge < -0.3 is 19.1 Å². The Balaban J connectivity index is 1.47. The second kappa shape index (κ2) is 9.08. The number of aromatic nitrogens is 2. The molecule has 1 fully saturated rings. The average molecular weight is 413 g/mol. The van der Waals surface area contributed by atoms with Crippen LogP contribution in [0.25, 0.3) is 0 Å². The van der Waals surface area contributed by atoms with Crippen molar-refractivity contribution in [2.75, 3.05) is 31.1 Å². The van der Waals surface area contributed by atoms with Gasteiger partial charge in [0.1, 0.15) is 0 Å². The topological polar surface area (TPSA) is 74.9 Å². The van der Waals surface area contributed by atoms with Crippen LogP contribution in [0.3, 0.4) is 0 Å². The lowest BCUT2D eigenvalue weighted by Gasteiger charge is -2.37. The summed E-state index contributed by atoms with van der Waals surface area (Å²) < 4.78 is 11.6. The minimum atomic E-state index is -0.927. The lowest BCUT2D eigenvalue weighted by atomic mass is 9.82. The molecule has 0 atom stereocenters. The summed E-state index contributed by atoms with van der Waals surface area (Å²) in [5.41, 5.74) is 0.656. The second-order valence-electron chi connectivity index (χ2n) is 9.39. The van der Waals surface area contributed by atoms with Crippen LogP contribution in [0.2, 0.25) is 0 Å². The monoisotopic (exact) mass is 413 g/mol. The largest absolute Gasteiger partial charge is 0.427 e. The Kier molecular flexibility index (Phi) is 6.89. The smallest absolute Gasteiger partial charge is 0.330 e. The molecule has 30 heavy (non-hydrogen) atoms. The van der Waals surface area contributed by atoms with E-state index in [1.54, 1.807) is 21.3 Å². The minimum absolute atomic E-state index is 0.249. The quantitative estimate of drug-likeness (QED) is 0.666. The maximum Gasteiger partial charge on any atom is 0.330 e. The van der Waals surface area contributed by atoms with Crippen LogP contribution in [0.5, 0.6) is 0 Å². The number of nitrogens with zero attached hydrogens (tertiary/aromatic N) is 4. The number of hydrogen-bond donors (Lipinski definition) is 1. The van der Waals surface area contributed by atoms with Gasteiger partial charge in [-0.3, -0.25) is 4.90 Å². The van der Waals surface area contributed by atoms with Crippen molar-refractivity contribution in [3.05, 3.63) is 35.7 Å². The van der Waals surface area contributed by atoms with Gasteiger partial charge in [-0.25, -0.2) is 0 Å². The van der Waals surface area contributed by atoms with Crippen LogP contribution in [0.4, 0.5) is 6.01 Å². The minimum Gasteiger partial charge on any atom is -0.427 e. The van der Waals surface area contributed by atoms with E-state index in [-0.39, 0.29) is 5.92 Å². The second-order valence-corrected chi connectivity index (χ2v) is 9.39. The third kappa shape index (κ3) is 5.62. The highest BCUT2D eigenvalue weighted by Gasteiger charge is 2.35. The van der Waals surface area contributed by atoms with Crippen LogP contribution in [0.15, 0.2) is 28.7 Å². The Morgan fingerprint density at radius 2 is 1.70 bits per heavy atom. The SMILES string of the molecule is CC(C)c1nnc(N2CCN(Cc3ccc([B]OC(C)(C)C(C)(C)O)cc3)CC2)o1. The van der Waals surface area contributed by atoms with Crippen LogP contribution in [-0.4, -0.2) is 65.1 Å². The zero-order valence-corrected chi connectivity index (χ0v) is 19.1. The molecule has 2 aromatic rings. The molecule has 3 rings (SSSR count). The van der Waals surface area contributed by atoms with E-state index in [4.69, 9.17) is 9.07 Å². The summed E-state index contributed by atoms with van der Waals surface area (Å²) in [6.07, 6.45) is 0. The predicted octanol–water partition coefficient (Wildman–Crippen LogP) is 2.33. The number of rotatable bonds is 8. The molecule has 1 radical (unpaired) electrons. The first kappa shape index (κ1) is 22.8. The Morgan fingerprint density at radius 1 is 1.07 bits per heavy atom. The van der Waals surface area contributed by atoms with Crippen molar-refractivity contribution in [1.29, 1.82) is 0 Å². The standard InChI is InChI=1S/C22H34BN4O3/c1-16(2)19-24-25-20(29-19)27-13-11-26(12-14-27)15-17-7-9-18(10-8-17)23-30-22(5,6)21(3,4)28/h7-10,16,28H,11-15H2,1-6H3. The predicted molar refractivity (Wildman–Crippen MR) is 119 cm³/mol.